The monoisotopic (exact) mass is 532 g/mol. The summed E-state index contributed by atoms with van der Waals surface area (Å²) < 4.78 is 8.23. The number of nitrogens with zero attached hydrogens (tertiary/aromatic N) is 4. The van der Waals surface area contributed by atoms with Crippen molar-refractivity contribution in [2.24, 2.45) is 17.8 Å². The van der Waals surface area contributed by atoms with Crippen molar-refractivity contribution < 1.29 is 24.2 Å². The van der Waals surface area contributed by atoms with E-state index in [0.717, 1.165) is 11.1 Å². The molecule has 3 N–H and O–H groups in total. The lowest BCUT2D eigenvalue weighted by atomic mass is 9.62. The number of aliphatic hydroxyl groups is 1. The van der Waals surface area contributed by atoms with Crippen molar-refractivity contribution >= 4 is 28.8 Å². The highest BCUT2D eigenvalue weighted by atomic mass is 16.5. The summed E-state index contributed by atoms with van der Waals surface area (Å²) in [6.45, 7) is 3.89. The van der Waals surface area contributed by atoms with Crippen LogP contribution < -0.4 is 10.6 Å². The van der Waals surface area contributed by atoms with Crippen molar-refractivity contribution in [3.8, 4) is 0 Å². The first-order valence-electron chi connectivity index (χ1n) is 13.3. The van der Waals surface area contributed by atoms with Crippen LogP contribution in [0.5, 0.6) is 0 Å². The molecule has 39 heavy (non-hydrogen) atoms. The van der Waals surface area contributed by atoms with Gasteiger partial charge in [-0.3, -0.25) is 14.4 Å². The number of para-hydroxylation sites is 1. The lowest BCUT2D eigenvalue weighted by Gasteiger charge is -2.36. The minimum atomic E-state index is -1.18. The Morgan fingerprint density at radius 2 is 1.85 bits per heavy atom. The van der Waals surface area contributed by atoms with Crippen LogP contribution in [0.1, 0.15) is 25.8 Å². The van der Waals surface area contributed by atoms with E-state index in [2.05, 4.69) is 20.9 Å². The Bertz CT molecular complexity index is 1430. The van der Waals surface area contributed by atoms with Crippen LogP contribution in [0.15, 0.2) is 54.6 Å². The van der Waals surface area contributed by atoms with Gasteiger partial charge < -0.3 is 25.4 Å². The fourth-order valence-corrected chi connectivity index (χ4v) is 6.97. The van der Waals surface area contributed by atoms with Crippen molar-refractivity contribution in [3.05, 3.63) is 60.2 Å². The summed E-state index contributed by atoms with van der Waals surface area (Å²) in [5.74, 6) is -2.70. The molecule has 1 aromatic heterocycles. The quantitative estimate of drug-likeness (QED) is 0.391. The molecular formula is C28H32N6O5. The average molecular weight is 533 g/mol. The first-order valence-corrected chi connectivity index (χ1v) is 13.3. The van der Waals surface area contributed by atoms with Gasteiger partial charge in [0.2, 0.25) is 17.7 Å². The maximum atomic E-state index is 13.9. The zero-order chi connectivity index (χ0) is 27.4. The van der Waals surface area contributed by atoms with Crippen molar-refractivity contribution in [2.75, 3.05) is 13.2 Å². The van der Waals surface area contributed by atoms with E-state index in [1.165, 1.54) is 4.90 Å². The highest BCUT2D eigenvalue weighted by Gasteiger charge is 2.79. The minimum absolute atomic E-state index is 0.0335. The van der Waals surface area contributed by atoms with Crippen LogP contribution in [-0.4, -0.2) is 73.1 Å². The number of fused-ring (bicyclic) bond motifs is 2. The van der Waals surface area contributed by atoms with Gasteiger partial charge in [0, 0.05) is 13.1 Å². The highest BCUT2D eigenvalue weighted by Crippen LogP contribution is 2.65. The second-order valence-electron chi connectivity index (χ2n) is 10.9. The Hall–Kier alpha value is -3.83. The van der Waals surface area contributed by atoms with Gasteiger partial charge in [0.25, 0.3) is 0 Å². The number of hydrogen-bond acceptors (Lipinski definition) is 7. The van der Waals surface area contributed by atoms with E-state index in [-0.39, 0.29) is 37.6 Å². The topological polar surface area (TPSA) is 139 Å². The fourth-order valence-electron chi connectivity index (χ4n) is 6.97. The molecule has 11 heteroatoms. The van der Waals surface area contributed by atoms with Crippen molar-refractivity contribution in [3.63, 3.8) is 0 Å². The Labute approximate surface area is 225 Å². The molecule has 3 unspecified atom stereocenters. The number of nitrogens with one attached hydrogen (secondary N) is 2. The molecule has 1 spiro atoms. The van der Waals surface area contributed by atoms with Gasteiger partial charge in [-0.2, -0.15) is 0 Å². The third kappa shape index (κ3) is 3.82. The predicted molar refractivity (Wildman–Crippen MR) is 140 cm³/mol. The molecule has 3 aromatic rings. The van der Waals surface area contributed by atoms with E-state index in [9.17, 15) is 19.5 Å². The van der Waals surface area contributed by atoms with Crippen LogP contribution in [0.2, 0.25) is 0 Å². The number of benzene rings is 2. The molecule has 3 amide bonds. The highest BCUT2D eigenvalue weighted by molar-refractivity contribution is 5.99. The largest absolute Gasteiger partial charge is 0.395 e. The van der Waals surface area contributed by atoms with Crippen molar-refractivity contribution in [1.29, 1.82) is 0 Å². The number of rotatable bonds is 8. The molecule has 204 valence electrons. The number of hydrogen-bond donors (Lipinski definition) is 3. The maximum absolute atomic E-state index is 13.9. The minimum Gasteiger partial charge on any atom is -0.395 e. The normalized spacial score (nSPS) is 31.1. The van der Waals surface area contributed by atoms with E-state index >= 15 is 0 Å². The number of aliphatic hydroxyl groups excluding tert-OH is 1. The Morgan fingerprint density at radius 3 is 2.62 bits per heavy atom. The second-order valence-corrected chi connectivity index (χ2v) is 10.9. The summed E-state index contributed by atoms with van der Waals surface area (Å²) in [6, 6.07) is 16.0. The number of likely N-dealkylation sites (tertiary alicyclic amines) is 1. The first-order chi connectivity index (χ1) is 18.8. The first kappa shape index (κ1) is 25.4. The lowest BCUT2D eigenvalue weighted by molar-refractivity contribution is -0.148. The molecular weight excluding hydrogens is 500 g/mol. The van der Waals surface area contributed by atoms with Gasteiger partial charge in [0.1, 0.15) is 23.8 Å². The SMILES string of the molecule is CC1CC23O[C@]1(C)[C@@H](C(=O)NCc1ccccc1)[C@H]2C(=O)N(CCO)C3C(=O)NCn1nnc2ccccc21. The third-order valence-electron chi connectivity index (χ3n) is 8.82. The molecule has 0 aliphatic carbocycles. The number of β-amino-alcohol motifs (C(OH)–C–C–N with tert-alkyl or cyclic N) is 1. The summed E-state index contributed by atoms with van der Waals surface area (Å²) in [5.41, 5.74) is 0.321. The van der Waals surface area contributed by atoms with Crippen LogP contribution in [0.4, 0.5) is 0 Å². The summed E-state index contributed by atoms with van der Waals surface area (Å²) >= 11 is 0. The Kier molecular flexibility index (Phi) is 6.15. The van der Waals surface area contributed by atoms with E-state index in [4.69, 9.17) is 4.74 Å². The molecule has 0 radical (unpaired) electrons. The maximum Gasteiger partial charge on any atom is 0.247 e. The van der Waals surface area contributed by atoms with Gasteiger partial charge in [-0.1, -0.05) is 54.6 Å². The zero-order valence-electron chi connectivity index (χ0n) is 21.9. The van der Waals surface area contributed by atoms with E-state index in [1.807, 2.05) is 68.4 Å². The van der Waals surface area contributed by atoms with Crippen LogP contribution >= 0.6 is 0 Å². The molecule has 3 aliphatic heterocycles. The Balaban J connectivity index is 1.28. The standard InChI is InChI=1S/C28H32N6O5/c1-17-14-28-22(21(27(17,2)39-28)24(36)29-15-18-8-4-3-5-9-18)26(38)33(12-13-35)23(28)25(37)30-16-34-20-11-7-6-10-19(20)31-32-34/h3-11,17,21-23,35H,12-16H2,1-2H3,(H,29,36)(H,30,37)/t17?,21-,22+,23?,27+,28?/m1/s1. The molecule has 2 bridgehead atoms. The van der Waals surface area contributed by atoms with Crippen LogP contribution in [0, 0.1) is 17.8 Å². The van der Waals surface area contributed by atoms with Crippen LogP contribution in [-0.2, 0) is 32.3 Å². The summed E-state index contributed by atoms with van der Waals surface area (Å²) in [4.78, 5) is 42.7. The molecule has 0 saturated carbocycles. The molecule has 3 saturated heterocycles. The van der Waals surface area contributed by atoms with Crippen molar-refractivity contribution in [1.82, 2.24) is 30.5 Å². The molecule has 3 fully saturated rings. The molecule has 4 heterocycles. The Morgan fingerprint density at radius 1 is 1.10 bits per heavy atom. The number of carbonyl (C=O) groups is 3. The summed E-state index contributed by atoms with van der Waals surface area (Å²) in [7, 11) is 0. The third-order valence-corrected chi connectivity index (χ3v) is 8.82. The molecule has 6 rings (SSSR count). The average Bonchev–Trinajstić information content (AvgIpc) is 3.61. The summed E-state index contributed by atoms with van der Waals surface area (Å²) in [6.07, 6.45) is 0.453. The zero-order valence-corrected chi connectivity index (χ0v) is 21.9. The predicted octanol–water partition coefficient (Wildman–Crippen LogP) is 0.824. The smallest absolute Gasteiger partial charge is 0.247 e. The van der Waals surface area contributed by atoms with E-state index in [0.29, 0.717) is 18.5 Å². The van der Waals surface area contributed by atoms with E-state index < -0.39 is 35.0 Å². The fraction of sp³-hybridized carbons (Fsp3) is 0.464. The number of carbonyl (C=O) groups excluding carboxylic acids is 3. The lowest BCUT2D eigenvalue weighted by Crippen LogP contribution is -2.56. The number of amides is 3. The summed E-state index contributed by atoms with van der Waals surface area (Å²) in [5, 5.41) is 23.9. The van der Waals surface area contributed by atoms with Gasteiger partial charge in [0.15, 0.2) is 0 Å². The van der Waals surface area contributed by atoms with E-state index in [1.54, 1.807) is 4.68 Å². The second kappa shape index (κ2) is 9.42. The van der Waals surface area contributed by atoms with Crippen LogP contribution in [0.3, 0.4) is 0 Å². The number of aromatic nitrogens is 3. The van der Waals surface area contributed by atoms with Gasteiger partial charge >= 0.3 is 0 Å². The van der Waals surface area contributed by atoms with Crippen molar-refractivity contribution in [2.45, 2.75) is 50.7 Å². The van der Waals surface area contributed by atoms with Crippen LogP contribution in [0.25, 0.3) is 11.0 Å². The van der Waals surface area contributed by atoms with Gasteiger partial charge in [-0.25, -0.2) is 4.68 Å². The van der Waals surface area contributed by atoms with Gasteiger partial charge in [0.05, 0.1) is 29.6 Å². The molecule has 11 nitrogen and oxygen atoms in total. The van der Waals surface area contributed by atoms with Gasteiger partial charge in [-0.15, -0.1) is 5.10 Å². The van der Waals surface area contributed by atoms with Gasteiger partial charge in [-0.05, 0) is 37.0 Å². The molecule has 3 aliphatic rings. The molecule has 2 aromatic carbocycles. The number of ether oxygens (including phenoxy) is 1. The molecule has 6 atom stereocenters.